The van der Waals surface area contributed by atoms with Crippen molar-refractivity contribution in [2.24, 2.45) is 0 Å². The lowest BCUT2D eigenvalue weighted by Crippen LogP contribution is -2.47. The van der Waals surface area contributed by atoms with Gasteiger partial charge in [0.05, 0.1) is 11.0 Å². The zero-order chi connectivity index (χ0) is 9.97. The molecular weight excluding hydrogens is 270 g/mol. The summed E-state index contributed by atoms with van der Waals surface area (Å²) >= 11 is 4.51. The molecule has 0 aromatic carbocycles. The van der Waals surface area contributed by atoms with E-state index in [1.54, 1.807) is 0 Å². The van der Waals surface area contributed by atoms with Crippen molar-refractivity contribution in [3.05, 3.63) is 11.1 Å². The highest BCUT2D eigenvalue weighted by molar-refractivity contribution is 9.09. The minimum Gasteiger partial charge on any atom is -0.334 e. The van der Waals surface area contributed by atoms with Crippen LogP contribution in [0, 0.1) is 0 Å². The summed E-state index contributed by atoms with van der Waals surface area (Å²) in [5.74, 6) is -0.161. The van der Waals surface area contributed by atoms with E-state index in [2.05, 4.69) is 41.7 Å². The van der Waals surface area contributed by atoms with Gasteiger partial charge in [-0.25, -0.2) is 5.43 Å². The van der Waals surface area contributed by atoms with Gasteiger partial charge in [-0.05, 0) is 11.5 Å². The minimum absolute atomic E-state index is 0.107. The van der Waals surface area contributed by atoms with Gasteiger partial charge >= 0.3 is 0 Å². The molecule has 1 fully saturated rings. The standard InChI is InChI=1S/C6H8BrN5OS/c7-3-1-8-11-5(3)10-6(13)4-2-9-12-14-4/h2-3,5,8,11H,1H2,(H,10,13). The number of aromatic nitrogens is 2. The SMILES string of the molecule is O=C(NC1NNCC1Br)c1cnns1. The fourth-order valence-electron chi connectivity index (χ4n) is 1.08. The average Bonchev–Trinajstić information content (AvgIpc) is 2.77. The lowest BCUT2D eigenvalue weighted by Gasteiger charge is -2.13. The van der Waals surface area contributed by atoms with Crippen molar-refractivity contribution in [2.45, 2.75) is 11.0 Å². The second-order valence-corrected chi connectivity index (χ2v) is 4.74. The van der Waals surface area contributed by atoms with Gasteiger partial charge in [-0.1, -0.05) is 20.4 Å². The number of amides is 1. The second kappa shape index (κ2) is 4.30. The number of hydrogen-bond donors (Lipinski definition) is 3. The van der Waals surface area contributed by atoms with Crippen LogP contribution in [-0.4, -0.2) is 33.0 Å². The monoisotopic (exact) mass is 277 g/mol. The molecule has 14 heavy (non-hydrogen) atoms. The van der Waals surface area contributed by atoms with Gasteiger partial charge in [-0.2, -0.15) is 0 Å². The first-order chi connectivity index (χ1) is 6.77. The maximum atomic E-state index is 11.5. The van der Waals surface area contributed by atoms with E-state index in [0.717, 1.165) is 18.1 Å². The predicted molar refractivity (Wildman–Crippen MR) is 55.0 cm³/mol. The van der Waals surface area contributed by atoms with E-state index in [4.69, 9.17) is 0 Å². The molecule has 2 atom stereocenters. The molecule has 2 heterocycles. The molecule has 0 bridgehead atoms. The summed E-state index contributed by atoms with van der Waals surface area (Å²) in [5.41, 5.74) is 5.87. The lowest BCUT2D eigenvalue weighted by atomic mass is 10.3. The Morgan fingerprint density at radius 1 is 1.79 bits per heavy atom. The third-order valence-electron chi connectivity index (χ3n) is 1.79. The molecule has 0 aliphatic carbocycles. The van der Waals surface area contributed by atoms with Crippen molar-refractivity contribution >= 4 is 33.4 Å². The second-order valence-electron chi connectivity index (χ2n) is 2.77. The largest absolute Gasteiger partial charge is 0.334 e. The number of hydrogen-bond acceptors (Lipinski definition) is 6. The van der Waals surface area contributed by atoms with Crippen LogP contribution in [0.25, 0.3) is 0 Å². The van der Waals surface area contributed by atoms with E-state index >= 15 is 0 Å². The van der Waals surface area contributed by atoms with Crippen molar-refractivity contribution in [3.63, 3.8) is 0 Å². The molecule has 2 rings (SSSR count). The Kier molecular flexibility index (Phi) is 3.06. The van der Waals surface area contributed by atoms with Crippen LogP contribution in [0.3, 0.4) is 0 Å². The molecule has 1 aliphatic rings. The summed E-state index contributed by atoms with van der Waals surface area (Å²) < 4.78 is 3.62. The number of nitrogens with zero attached hydrogens (tertiary/aromatic N) is 2. The summed E-state index contributed by atoms with van der Waals surface area (Å²) in [6, 6.07) is 0. The highest BCUT2D eigenvalue weighted by Gasteiger charge is 2.26. The smallest absolute Gasteiger partial charge is 0.265 e. The summed E-state index contributed by atoms with van der Waals surface area (Å²) in [7, 11) is 0. The number of nitrogens with one attached hydrogen (secondary N) is 3. The van der Waals surface area contributed by atoms with E-state index in [1.165, 1.54) is 6.20 Å². The van der Waals surface area contributed by atoms with Crippen LogP contribution in [0.4, 0.5) is 0 Å². The van der Waals surface area contributed by atoms with Gasteiger partial charge in [0.2, 0.25) is 0 Å². The van der Waals surface area contributed by atoms with Crippen LogP contribution in [0.15, 0.2) is 6.20 Å². The highest BCUT2D eigenvalue weighted by Crippen LogP contribution is 2.08. The predicted octanol–water partition coefficient (Wildman–Crippen LogP) is -0.535. The Morgan fingerprint density at radius 2 is 2.64 bits per heavy atom. The van der Waals surface area contributed by atoms with Gasteiger partial charge in [-0.3, -0.25) is 10.2 Å². The third-order valence-corrected chi connectivity index (χ3v) is 3.30. The normalized spacial score (nSPS) is 26.4. The first kappa shape index (κ1) is 9.97. The lowest BCUT2D eigenvalue weighted by molar-refractivity contribution is 0.0937. The first-order valence-electron chi connectivity index (χ1n) is 3.98. The molecule has 0 spiro atoms. The van der Waals surface area contributed by atoms with Gasteiger partial charge in [-0.15, -0.1) is 5.10 Å². The molecule has 1 amide bonds. The van der Waals surface area contributed by atoms with Crippen molar-refractivity contribution in [1.29, 1.82) is 0 Å². The molecular formula is C6H8BrN5OS. The van der Waals surface area contributed by atoms with Gasteiger partial charge in [0, 0.05) is 6.54 Å². The number of halogens is 1. The van der Waals surface area contributed by atoms with Crippen LogP contribution in [0.5, 0.6) is 0 Å². The number of carbonyl (C=O) groups excluding carboxylic acids is 1. The summed E-state index contributed by atoms with van der Waals surface area (Å²) in [6.07, 6.45) is 1.34. The molecule has 0 saturated carbocycles. The van der Waals surface area contributed by atoms with Gasteiger partial charge in [0.15, 0.2) is 0 Å². The van der Waals surface area contributed by atoms with E-state index < -0.39 is 0 Å². The average molecular weight is 278 g/mol. The first-order valence-corrected chi connectivity index (χ1v) is 5.67. The van der Waals surface area contributed by atoms with E-state index in [1.807, 2.05) is 0 Å². The Balaban J connectivity index is 1.95. The third kappa shape index (κ3) is 2.08. The summed E-state index contributed by atoms with van der Waals surface area (Å²) in [6.45, 7) is 0.770. The van der Waals surface area contributed by atoms with Crippen molar-refractivity contribution in [2.75, 3.05) is 6.54 Å². The Labute approximate surface area is 92.7 Å². The number of alkyl halides is 1. The van der Waals surface area contributed by atoms with Gasteiger partial charge in [0.25, 0.3) is 5.91 Å². The van der Waals surface area contributed by atoms with E-state index in [0.29, 0.717) is 4.88 Å². The van der Waals surface area contributed by atoms with Crippen LogP contribution < -0.4 is 16.2 Å². The van der Waals surface area contributed by atoms with Crippen molar-refractivity contribution in [1.82, 2.24) is 25.8 Å². The summed E-state index contributed by atoms with van der Waals surface area (Å²) in [5, 5.41) is 6.40. The maximum Gasteiger partial charge on any atom is 0.265 e. The number of carbonyl (C=O) groups is 1. The highest BCUT2D eigenvalue weighted by atomic mass is 79.9. The topological polar surface area (TPSA) is 78.9 Å². The van der Waals surface area contributed by atoms with Crippen LogP contribution in [0.2, 0.25) is 0 Å². The van der Waals surface area contributed by atoms with E-state index in [-0.39, 0.29) is 16.9 Å². The molecule has 0 radical (unpaired) electrons. The van der Waals surface area contributed by atoms with Crippen LogP contribution >= 0.6 is 27.5 Å². The Morgan fingerprint density at radius 3 is 3.21 bits per heavy atom. The Bertz CT molecular complexity index is 318. The minimum atomic E-state index is -0.161. The van der Waals surface area contributed by atoms with Crippen LogP contribution in [0.1, 0.15) is 9.67 Å². The fraction of sp³-hybridized carbons (Fsp3) is 0.500. The molecule has 1 aliphatic heterocycles. The summed E-state index contributed by atoms with van der Waals surface area (Å²) in [4.78, 5) is 12.2. The molecule has 2 unspecified atom stereocenters. The molecule has 1 aromatic heterocycles. The van der Waals surface area contributed by atoms with Crippen LogP contribution in [-0.2, 0) is 0 Å². The molecule has 1 aromatic rings. The van der Waals surface area contributed by atoms with Gasteiger partial charge in [0.1, 0.15) is 11.0 Å². The fourth-order valence-corrected chi connectivity index (χ4v) is 1.93. The zero-order valence-electron chi connectivity index (χ0n) is 7.03. The molecule has 8 heteroatoms. The van der Waals surface area contributed by atoms with E-state index in [9.17, 15) is 4.79 Å². The van der Waals surface area contributed by atoms with Crippen molar-refractivity contribution < 1.29 is 4.79 Å². The molecule has 3 N–H and O–H groups in total. The Hall–Kier alpha value is -0.570. The maximum absolute atomic E-state index is 11.5. The molecule has 76 valence electrons. The number of rotatable bonds is 2. The molecule has 1 saturated heterocycles. The number of hydrazine groups is 1. The molecule has 6 nitrogen and oxygen atoms in total. The van der Waals surface area contributed by atoms with Gasteiger partial charge < -0.3 is 5.32 Å². The van der Waals surface area contributed by atoms with Crippen molar-refractivity contribution in [3.8, 4) is 0 Å². The quantitative estimate of drug-likeness (QED) is 0.634. The zero-order valence-corrected chi connectivity index (χ0v) is 9.43.